The van der Waals surface area contributed by atoms with Crippen molar-refractivity contribution < 1.29 is 28.7 Å². The molecule has 1 unspecified atom stereocenters. The third kappa shape index (κ3) is 7.85. The standard InChI is InChI=1S/C43H48ClN7O6/c1-42(2)40(43(3,4)41(42)57-30-13-10-26(24-45)33(44)23-30)48-36(53)27-9-11-28(46-25-27)8-6-5-7-17-49-18-20-50(21-19-49)29-12-14-31-32(22-29)39(56)51(38(31)55)34-15-16-35(52)47-37(34)54/h9-14,22-23,25,34,40-41H,5-8,15-21H2,1-4H3,(H,48,53)(H,47,52,54). The first-order valence-corrected chi connectivity index (χ1v) is 20.0. The van der Waals surface area contributed by atoms with E-state index in [2.05, 4.69) is 59.2 Å². The van der Waals surface area contributed by atoms with E-state index in [-0.39, 0.29) is 47.3 Å². The first-order chi connectivity index (χ1) is 27.2. The van der Waals surface area contributed by atoms with Crippen LogP contribution in [0.2, 0.25) is 5.02 Å². The molecule has 4 heterocycles. The Balaban J connectivity index is 0.820. The van der Waals surface area contributed by atoms with Gasteiger partial charge in [0.05, 0.1) is 27.3 Å². The Morgan fingerprint density at radius 1 is 0.947 bits per heavy atom. The molecule has 3 aromatic rings. The van der Waals surface area contributed by atoms with Gasteiger partial charge in [-0.1, -0.05) is 45.7 Å². The Kier molecular flexibility index (Phi) is 11.1. The minimum absolute atomic E-state index is 0.0883. The van der Waals surface area contributed by atoms with Crippen molar-refractivity contribution in [2.75, 3.05) is 37.6 Å². The molecule has 1 aliphatic carbocycles. The maximum atomic E-state index is 13.3. The Labute approximate surface area is 337 Å². The van der Waals surface area contributed by atoms with Gasteiger partial charge in [0.1, 0.15) is 24.0 Å². The summed E-state index contributed by atoms with van der Waals surface area (Å²) in [5.41, 5.74) is 2.59. The molecule has 3 aliphatic heterocycles. The van der Waals surface area contributed by atoms with Crippen LogP contribution in [0.15, 0.2) is 54.7 Å². The van der Waals surface area contributed by atoms with Crippen LogP contribution < -0.4 is 20.3 Å². The molecular formula is C43H48ClN7O6. The molecule has 1 saturated carbocycles. The third-order valence-electron chi connectivity index (χ3n) is 12.1. The van der Waals surface area contributed by atoms with E-state index in [9.17, 15) is 29.2 Å². The smallest absolute Gasteiger partial charge is 0.262 e. The molecule has 4 aliphatic rings. The molecule has 5 amide bonds. The number of carbonyl (C=O) groups is 5. The Bertz CT molecular complexity index is 2120. The fourth-order valence-corrected chi connectivity index (χ4v) is 9.43. The molecule has 3 fully saturated rings. The average molecular weight is 794 g/mol. The van der Waals surface area contributed by atoms with Crippen LogP contribution in [0.4, 0.5) is 5.69 Å². The van der Waals surface area contributed by atoms with Crippen LogP contribution in [-0.4, -0.2) is 95.2 Å². The first-order valence-electron chi connectivity index (χ1n) is 19.6. The van der Waals surface area contributed by atoms with E-state index >= 15 is 0 Å². The lowest BCUT2D eigenvalue weighted by Crippen LogP contribution is -2.74. The zero-order chi connectivity index (χ0) is 40.6. The normalized spacial score (nSPS) is 22.7. The first kappa shape index (κ1) is 39.9. The van der Waals surface area contributed by atoms with Crippen molar-refractivity contribution in [1.82, 2.24) is 25.4 Å². The predicted molar refractivity (Wildman–Crippen MR) is 213 cm³/mol. The maximum Gasteiger partial charge on any atom is 0.262 e. The van der Waals surface area contributed by atoms with Gasteiger partial charge in [0.25, 0.3) is 17.7 Å². The Morgan fingerprint density at radius 3 is 2.35 bits per heavy atom. The quantitative estimate of drug-likeness (QED) is 0.185. The molecule has 2 N–H and O–H groups in total. The SMILES string of the molecule is CC1(C)C(NC(=O)c2ccc(CCCCCN3CCN(c4ccc5c(c4)C(=O)N(C4CCC(=O)NC4=O)C5=O)CC3)nc2)C(C)(C)C1Oc1ccc(C#N)c(Cl)c1. The summed E-state index contributed by atoms with van der Waals surface area (Å²) >= 11 is 6.23. The topological polar surface area (TPSA) is 165 Å². The Hall–Kier alpha value is -5.32. The molecule has 57 heavy (non-hydrogen) atoms. The number of imide groups is 2. The molecule has 14 heteroatoms. The second-order valence-corrected chi connectivity index (χ2v) is 17.1. The number of ether oxygens (including phenoxy) is 1. The van der Waals surface area contributed by atoms with E-state index in [0.29, 0.717) is 27.5 Å². The molecule has 0 spiro atoms. The summed E-state index contributed by atoms with van der Waals surface area (Å²) in [5.74, 6) is -1.58. The number of nitrogens with one attached hydrogen (secondary N) is 2. The second kappa shape index (κ2) is 15.9. The molecule has 298 valence electrons. The zero-order valence-electron chi connectivity index (χ0n) is 32.8. The molecule has 0 bridgehead atoms. The summed E-state index contributed by atoms with van der Waals surface area (Å²) in [6.07, 6.45) is 5.62. The van der Waals surface area contributed by atoms with Crippen molar-refractivity contribution in [2.45, 2.75) is 84.4 Å². The highest BCUT2D eigenvalue weighted by Crippen LogP contribution is 2.55. The van der Waals surface area contributed by atoms with Gasteiger partial charge in [-0.3, -0.25) is 44.1 Å². The van der Waals surface area contributed by atoms with Crippen molar-refractivity contribution in [3.05, 3.63) is 87.7 Å². The summed E-state index contributed by atoms with van der Waals surface area (Å²) in [6, 6.07) is 15.0. The summed E-state index contributed by atoms with van der Waals surface area (Å²) in [7, 11) is 0. The van der Waals surface area contributed by atoms with Gasteiger partial charge in [-0.2, -0.15) is 5.26 Å². The monoisotopic (exact) mass is 793 g/mol. The highest BCUT2D eigenvalue weighted by Gasteiger charge is 2.64. The number of fused-ring (bicyclic) bond motifs is 1. The van der Waals surface area contributed by atoms with Crippen molar-refractivity contribution in [3.63, 3.8) is 0 Å². The number of piperidine rings is 1. The van der Waals surface area contributed by atoms with Gasteiger partial charge in [-0.05, 0) is 74.7 Å². The largest absolute Gasteiger partial charge is 0.489 e. The molecular weight excluding hydrogens is 746 g/mol. The highest BCUT2D eigenvalue weighted by atomic mass is 35.5. The minimum Gasteiger partial charge on any atom is -0.489 e. The van der Waals surface area contributed by atoms with Crippen molar-refractivity contribution in [3.8, 4) is 11.8 Å². The average Bonchev–Trinajstić information content (AvgIpc) is 3.44. The number of piperazine rings is 1. The number of benzene rings is 2. The summed E-state index contributed by atoms with van der Waals surface area (Å²) < 4.78 is 6.35. The van der Waals surface area contributed by atoms with E-state index in [1.165, 1.54) is 0 Å². The number of aryl methyl sites for hydroxylation is 1. The predicted octanol–water partition coefficient (Wildman–Crippen LogP) is 5.15. The molecule has 13 nitrogen and oxygen atoms in total. The number of amides is 5. The number of aromatic nitrogens is 1. The van der Waals surface area contributed by atoms with Gasteiger partial charge in [-0.15, -0.1) is 0 Å². The van der Waals surface area contributed by atoms with Gasteiger partial charge < -0.3 is 15.0 Å². The number of carbonyl (C=O) groups excluding carboxylic acids is 5. The molecule has 7 rings (SSSR count). The van der Waals surface area contributed by atoms with Crippen LogP contribution in [0.5, 0.6) is 5.75 Å². The number of nitrogens with zero attached hydrogens (tertiary/aromatic N) is 5. The van der Waals surface area contributed by atoms with Crippen LogP contribution in [0.3, 0.4) is 0 Å². The van der Waals surface area contributed by atoms with Gasteiger partial charge in [0, 0.05) is 73.1 Å². The zero-order valence-corrected chi connectivity index (χ0v) is 33.5. The minimum atomic E-state index is -0.975. The van der Waals surface area contributed by atoms with Crippen LogP contribution in [0, 0.1) is 22.2 Å². The molecule has 1 atom stereocenters. The van der Waals surface area contributed by atoms with E-state index < -0.39 is 29.7 Å². The lowest BCUT2D eigenvalue weighted by Gasteiger charge is -2.63. The lowest BCUT2D eigenvalue weighted by molar-refractivity contribution is -0.164. The van der Waals surface area contributed by atoms with E-state index in [1.54, 1.807) is 36.5 Å². The molecule has 2 aromatic carbocycles. The second-order valence-electron chi connectivity index (χ2n) is 16.7. The maximum absolute atomic E-state index is 13.3. The summed E-state index contributed by atoms with van der Waals surface area (Å²) in [4.78, 5) is 73.9. The summed E-state index contributed by atoms with van der Waals surface area (Å²) in [5, 5.41) is 15.0. The van der Waals surface area contributed by atoms with Crippen molar-refractivity contribution in [1.29, 1.82) is 5.26 Å². The van der Waals surface area contributed by atoms with Crippen LogP contribution in [0.25, 0.3) is 0 Å². The number of unbranched alkanes of at least 4 members (excludes halogenated alkanes) is 2. The number of halogens is 1. The van der Waals surface area contributed by atoms with Gasteiger partial charge in [0.2, 0.25) is 11.8 Å². The van der Waals surface area contributed by atoms with Gasteiger partial charge in [-0.25, -0.2) is 0 Å². The van der Waals surface area contributed by atoms with Crippen LogP contribution in [0.1, 0.15) is 102 Å². The van der Waals surface area contributed by atoms with Crippen molar-refractivity contribution in [2.24, 2.45) is 10.8 Å². The molecule has 2 saturated heterocycles. The number of rotatable bonds is 12. The number of hydrogen-bond acceptors (Lipinski definition) is 10. The van der Waals surface area contributed by atoms with E-state index in [0.717, 1.165) is 74.7 Å². The third-order valence-corrected chi connectivity index (χ3v) is 12.4. The highest BCUT2D eigenvalue weighted by molar-refractivity contribution is 6.31. The molecule has 1 aromatic heterocycles. The summed E-state index contributed by atoms with van der Waals surface area (Å²) in [6.45, 7) is 12.6. The fraction of sp³-hybridized carbons (Fsp3) is 0.465. The van der Waals surface area contributed by atoms with Gasteiger partial charge in [0.15, 0.2) is 0 Å². The van der Waals surface area contributed by atoms with E-state index in [4.69, 9.17) is 16.3 Å². The number of nitriles is 1. The van der Waals surface area contributed by atoms with Crippen LogP contribution >= 0.6 is 11.6 Å². The number of anilines is 1. The van der Waals surface area contributed by atoms with Crippen LogP contribution in [-0.2, 0) is 16.0 Å². The number of hydrogen-bond donors (Lipinski definition) is 2. The van der Waals surface area contributed by atoms with Gasteiger partial charge >= 0.3 is 0 Å². The lowest BCUT2D eigenvalue weighted by atomic mass is 9.49. The van der Waals surface area contributed by atoms with E-state index in [1.807, 2.05) is 18.2 Å². The fourth-order valence-electron chi connectivity index (χ4n) is 9.22. The molecule has 0 radical (unpaired) electrons. The Morgan fingerprint density at radius 2 is 1.68 bits per heavy atom. The van der Waals surface area contributed by atoms with Crippen molar-refractivity contribution >= 4 is 46.8 Å². The number of pyridine rings is 1.